The molecule has 1 fully saturated rings. The molecule has 1 amide bonds. The number of ketones is 1. The Hall–Kier alpha value is -4.34. The predicted octanol–water partition coefficient (Wildman–Crippen LogP) is 3.61. The fourth-order valence-electron chi connectivity index (χ4n) is 4.76. The van der Waals surface area contributed by atoms with Crippen LogP contribution in [0.2, 0.25) is 0 Å². The number of hydrogen-bond donors (Lipinski definition) is 2. The summed E-state index contributed by atoms with van der Waals surface area (Å²) in [7, 11) is 1.60. The van der Waals surface area contributed by atoms with E-state index in [1.807, 2.05) is 36.4 Å². The van der Waals surface area contributed by atoms with Crippen molar-refractivity contribution in [3.05, 3.63) is 94.8 Å². The fourth-order valence-corrected chi connectivity index (χ4v) is 4.76. The largest absolute Gasteiger partial charge is 0.497 e. The molecule has 0 bridgehead atoms. The third kappa shape index (κ3) is 6.39. The smallest absolute Gasteiger partial charge is 0.250 e. The third-order valence-electron chi connectivity index (χ3n) is 6.80. The van der Waals surface area contributed by atoms with Crippen molar-refractivity contribution < 1.29 is 19.1 Å². The van der Waals surface area contributed by atoms with Crippen molar-refractivity contribution in [2.24, 2.45) is 5.73 Å². The van der Waals surface area contributed by atoms with Crippen LogP contribution in [-0.4, -0.2) is 60.0 Å². The van der Waals surface area contributed by atoms with Crippen molar-refractivity contribution in [2.75, 3.05) is 38.7 Å². The van der Waals surface area contributed by atoms with Gasteiger partial charge in [0.25, 0.3) is 5.91 Å². The Kier molecular flexibility index (Phi) is 8.10. The van der Waals surface area contributed by atoms with Gasteiger partial charge in [-0.2, -0.15) is 0 Å². The number of nitrogens with zero attached hydrogens (tertiary/aromatic N) is 3. The summed E-state index contributed by atoms with van der Waals surface area (Å²) in [5.41, 5.74) is 10.2. The van der Waals surface area contributed by atoms with Crippen LogP contribution >= 0.6 is 0 Å². The lowest BCUT2D eigenvalue weighted by Crippen LogP contribution is -2.35. The van der Waals surface area contributed by atoms with Crippen molar-refractivity contribution in [2.45, 2.75) is 19.5 Å². The van der Waals surface area contributed by atoms with Gasteiger partial charge >= 0.3 is 0 Å². The van der Waals surface area contributed by atoms with Crippen LogP contribution in [0.1, 0.15) is 37.4 Å². The molecule has 3 N–H and O–H groups in total. The van der Waals surface area contributed by atoms with Gasteiger partial charge in [0.1, 0.15) is 17.9 Å². The summed E-state index contributed by atoms with van der Waals surface area (Å²) < 4.78 is 10.6. The number of morpholine rings is 1. The second kappa shape index (κ2) is 12.0. The fraction of sp³-hybridized carbons (Fsp3) is 0.267. The lowest BCUT2D eigenvalue weighted by Gasteiger charge is -2.26. The van der Waals surface area contributed by atoms with Gasteiger partial charge in [0.2, 0.25) is 0 Å². The molecule has 3 aromatic carbocycles. The normalized spacial score (nSPS) is 13.8. The van der Waals surface area contributed by atoms with Crippen molar-refractivity contribution in [1.82, 2.24) is 14.9 Å². The van der Waals surface area contributed by atoms with E-state index in [0.29, 0.717) is 60.9 Å². The summed E-state index contributed by atoms with van der Waals surface area (Å²) in [4.78, 5) is 36.2. The molecule has 0 aliphatic carbocycles. The molecule has 9 nitrogen and oxygen atoms in total. The van der Waals surface area contributed by atoms with Crippen molar-refractivity contribution in [1.29, 1.82) is 0 Å². The van der Waals surface area contributed by atoms with Crippen LogP contribution in [0.5, 0.6) is 5.75 Å². The Labute approximate surface area is 227 Å². The standard InChI is InChI=1S/C30H31N5O4/c1-38-24-7-5-23(6-8-24)27(36)16-20-3-2-4-21(13-20)17-32-30-26-15-22(18-35-9-11-39-12-10-35)14-25(29(31)37)28(26)33-19-34-30/h2-8,13-15,19H,9-12,16-18H2,1H3,(H2,31,37)(H,32,33,34). The molecule has 200 valence electrons. The predicted molar refractivity (Wildman–Crippen MR) is 149 cm³/mol. The molecule has 0 atom stereocenters. The van der Waals surface area contributed by atoms with Crippen LogP contribution < -0.4 is 15.8 Å². The van der Waals surface area contributed by atoms with Gasteiger partial charge in [0.05, 0.1) is 31.4 Å². The molecular formula is C30H31N5O4. The summed E-state index contributed by atoms with van der Waals surface area (Å²) in [6.07, 6.45) is 1.73. The highest BCUT2D eigenvalue weighted by molar-refractivity contribution is 6.07. The second-order valence-corrected chi connectivity index (χ2v) is 9.52. The minimum atomic E-state index is -0.525. The zero-order valence-electron chi connectivity index (χ0n) is 21.9. The Morgan fingerprint density at radius 3 is 2.51 bits per heavy atom. The van der Waals surface area contributed by atoms with Crippen molar-refractivity contribution in [3.8, 4) is 5.75 Å². The number of nitrogens with one attached hydrogen (secondary N) is 1. The topological polar surface area (TPSA) is 120 Å². The van der Waals surface area contributed by atoms with Gasteiger partial charge < -0.3 is 20.5 Å². The maximum Gasteiger partial charge on any atom is 0.250 e. The number of carbonyl (C=O) groups is 2. The Balaban J connectivity index is 1.33. The highest BCUT2D eigenvalue weighted by Gasteiger charge is 2.17. The number of fused-ring (bicyclic) bond motifs is 1. The first-order valence-corrected chi connectivity index (χ1v) is 12.9. The van der Waals surface area contributed by atoms with Gasteiger partial charge in [-0.25, -0.2) is 9.97 Å². The number of Topliss-reactive ketones (excluding diaryl/α,β-unsaturated/α-hetero) is 1. The first kappa shape index (κ1) is 26.3. The van der Waals surface area contributed by atoms with Crippen LogP contribution in [0.25, 0.3) is 10.9 Å². The molecule has 0 radical (unpaired) electrons. The summed E-state index contributed by atoms with van der Waals surface area (Å²) in [5, 5.41) is 4.13. The molecule has 5 rings (SSSR count). The van der Waals surface area contributed by atoms with Crippen molar-refractivity contribution >= 4 is 28.4 Å². The van der Waals surface area contributed by atoms with Gasteiger partial charge in [-0.15, -0.1) is 0 Å². The molecule has 1 aromatic heterocycles. The second-order valence-electron chi connectivity index (χ2n) is 9.52. The molecule has 2 heterocycles. The lowest BCUT2D eigenvalue weighted by molar-refractivity contribution is 0.0342. The zero-order chi connectivity index (χ0) is 27.2. The summed E-state index contributed by atoms with van der Waals surface area (Å²) in [6, 6.07) is 18.9. The van der Waals surface area contributed by atoms with Crippen molar-refractivity contribution in [3.63, 3.8) is 0 Å². The average molecular weight is 526 g/mol. The number of rotatable bonds is 10. The number of carbonyl (C=O) groups excluding carboxylic acids is 2. The molecule has 4 aromatic rings. The number of benzene rings is 3. The number of primary amides is 1. The Bertz CT molecular complexity index is 1480. The Morgan fingerprint density at radius 2 is 1.77 bits per heavy atom. The molecule has 1 aliphatic heterocycles. The van der Waals surface area contributed by atoms with Crippen LogP contribution in [-0.2, 0) is 24.2 Å². The van der Waals surface area contributed by atoms with Gasteiger partial charge in [-0.1, -0.05) is 24.3 Å². The molecule has 0 unspecified atom stereocenters. The molecule has 1 saturated heterocycles. The number of hydrogen-bond acceptors (Lipinski definition) is 8. The van der Waals surface area contributed by atoms with E-state index in [2.05, 4.69) is 20.2 Å². The minimum Gasteiger partial charge on any atom is -0.497 e. The lowest BCUT2D eigenvalue weighted by atomic mass is 10.0. The summed E-state index contributed by atoms with van der Waals surface area (Å²) in [5.74, 6) is 0.845. The number of amides is 1. The van der Waals surface area contributed by atoms with Crippen LogP contribution in [0.3, 0.4) is 0 Å². The molecular weight excluding hydrogens is 494 g/mol. The molecule has 39 heavy (non-hydrogen) atoms. The Morgan fingerprint density at radius 1 is 1.00 bits per heavy atom. The maximum absolute atomic E-state index is 12.8. The number of anilines is 1. The molecule has 9 heteroatoms. The van der Waals surface area contributed by atoms with Gasteiger partial charge in [0, 0.05) is 43.5 Å². The van der Waals surface area contributed by atoms with Crippen LogP contribution in [0.15, 0.2) is 67.0 Å². The zero-order valence-corrected chi connectivity index (χ0v) is 21.9. The number of aromatic nitrogens is 2. The minimum absolute atomic E-state index is 0.0383. The summed E-state index contributed by atoms with van der Waals surface area (Å²) >= 11 is 0. The average Bonchev–Trinajstić information content (AvgIpc) is 2.96. The van der Waals surface area contributed by atoms with E-state index in [1.165, 1.54) is 6.33 Å². The molecule has 1 aliphatic rings. The summed E-state index contributed by atoms with van der Waals surface area (Å²) in [6.45, 7) is 4.21. The van der Waals surface area contributed by atoms with E-state index in [4.69, 9.17) is 15.2 Å². The molecule has 0 saturated carbocycles. The van der Waals surface area contributed by atoms with E-state index >= 15 is 0 Å². The van der Waals surface area contributed by atoms with E-state index in [9.17, 15) is 9.59 Å². The van der Waals surface area contributed by atoms with E-state index in [-0.39, 0.29) is 5.78 Å². The van der Waals surface area contributed by atoms with Gasteiger partial charge in [-0.05, 0) is 53.1 Å². The number of ether oxygens (including phenoxy) is 2. The van der Waals surface area contributed by atoms with Gasteiger partial charge in [0.15, 0.2) is 5.78 Å². The van der Waals surface area contributed by atoms with E-state index in [0.717, 1.165) is 35.2 Å². The first-order valence-electron chi connectivity index (χ1n) is 12.9. The maximum atomic E-state index is 12.8. The van der Waals surface area contributed by atoms with Gasteiger partial charge in [-0.3, -0.25) is 14.5 Å². The quantitative estimate of drug-likeness (QED) is 0.302. The van der Waals surface area contributed by atoms with Crippen LogP contribution in [0, 0.1) is 0 Å². The number of nitrogens with two attached hydrogens (primary N) is 1. The van der Waals surface area contributed by atoms with Crippen LogP contribution in [0.4, 0.5) is 5.82 Å². The highest BCUT2D eigenvalue weighted by atomic mass is 16.5. The third-order valence-corrected chi connectivity index (χ3v) is 6.80. The highest BCUT2D eigenvalue weighted by Crippen LogP contribution is 2.26. The van der Waals surface area contributed by atoms with E-state index < -0.39 is 5.91 Å². The van der Waals surface area contributed by atoms with E-state index in [1.54, 1.807) is 31.4 Å². The SMILES string of the molecule is COc1ccc(C(=O)Cc2cccc(CNc3ncnc4c(C(N)=O)cc(CN5CCOCC5)cc34)c2)cc1. The first-order chi connectivity index (χ1) is 19.0. The monoisotopic (exact) mass is 525 g/mol. The molecule has 0 spiro atoms. The number of methoxy groups -OCH3 is 1.